The van der Waals surface area contributed by atoms with E-state index < -0.39 is 0 Å². The van der Waals surface area contributed by atoms with Gasteiger partial charge in [0.15, 0.2) is 0 Å². The third-order valence-electron chi connectivity index (χ3n) is 3.70. The molecule has 0 bridgehead atoms. The minimum absolute atomic E-state index is 0.0846. The summed E-state index contributed by atoms with van der Waals surface area (Å²) in [6, 6.07) is 2.13. The van der Waals surface area contributed by atoms with Gasteiger partial charge in [0.05, 0.1) is 19.3 Å². The van der Waals surface area contributed by atoms with Gasteiger partial charge < -0.3 is 15.2 Å². The molecule has 0 amide bonds. The first-order valence-electron chi connectivity index (χ1n) is 6.36. The van der Waals surface area contributed by atoms with Crippen molar-refractivity contribution in [1.82, 2.24) is 10.2 Å². The monoisotopic (exact) mass is 228 g/mol. The highest BCUT2D eigenvalue weighted by Crippen LogP contribution is 2.33. The molecular weight excluding hydrogens is 204 g/mol. The lowest BCUT2D eigenvalue weighted by molar-refractivity contribution is 0.122. The van der Waals surface area contributed by atoms with Crippen LogP contribution in [0, 0.1) is 0 Å². The second-order valence-corrected chi connectivity index (χ2v) is 5.21. The van der Waals surface area contributed by atoms with Crippen molar-refractivity contribution in [2.75, 3.05) is 26.9 Å². The van der Waals surface area contributed by atoms with Gasteiger partial charge in [-0.3, -0.25) is 4.90 Å². The van der Waals surface area contributed by atoms with E-state index >= 15 is 0 Å². The van der Waals surface area contributed by atoms with Crippen LogP contribution in [0.3, 0.4) is 0 Å². The Labute approximate surface area is 98.0 Å². The van der Waals surface area contributed by atoms with Crippen LogP contribution < -0.4 is 5.32 Å². The largest absolute Gasteiger partial charge is 0.395 e. The van der Waals surface area contributed by atoms with Crippen molar-refractivity contribution in [3.8, 4) is 0 Å². The van der Waals surface area contributed by atoms with Crippen LogP contribution in [-0.4, -0.2) is 61.0 Å². The summed E-state index contributed by atoms with van der Waals surface area (Å²) in [5.41, 5.74) is 0. The Hall–Kier alpha value is -0.160. The van der Waals surface area contributed by atoms with Gasteiger partial charge in [0.2, 0.25) is 0 Å². The topological polar surface area (TPSA) is 44.7 Å². The van der Waals surface area contributed by atoms with Gasteiger partial charge in [-0.1, -0.05) is 0 Å². The van der Waals surface area contributed by atoms with Gasteiger partial charge in [-0.25, -0.2) is 0 Å². The highest BCUT2D eigenvalue weighted by molar-refractivity contribution is 4.96. The Bertz CT molecular complexity index is 221. The highest BCUT2D eigenvalue weighted by atomic mass is 16.5. The molecule has 0 spiro atoms. The van der Waals surface area contributed by atoms with E-state index in [-0.39, 0.29) is 12.6 Å². The molecule has 3 atom stereocenters. The van der Waals surface area contributed by atoms with Crippen LogP contribution in [0.15, 0.2) is 0 Å². The molecule has 3 unspecified atom stereocenters. The lowest BCUT2D eigenvalue weighted by Gasteiger charge is -2.21. The molecule has 1 saturated carbocycles. The van der Waals surface area contributed by atoms with Gasteiger partial charge in [0.25, 0.3) is 0 Å². The van der Waals surface area contributed by atoms with E-state index in [4.69, 9.17) is 4.74 Å². The normalized spacial score (nSPS) is 33.2. The number of methoxy groups -OCH3 is 1. The van der Waals surface area contributed by atoms with Crippen molar-refractivity contribution in [1.29, 1.82) is 0 Å². The van der Waals surface area contributed by atoms with Crippen molar-refractivity contribution in [2.45, 2.75) is 50.4 Å². The molecular formula is C12H24N2O2. The first-order valence-corrected chi connectivity index (χ1v) is 6.36. The van der Waals surface area contributed by atoms with Gasteiger partial charge in [-0.2, -0.15) is 0 Å². The molecule has 1 saturated heterocycles. The molecule has 4 nitrogen and oxygen atoms in total. The summed E-state index contributed by atoms with van der Waals surface area (Å²) in [4.78, 5) is 2.61. The summed E-state index contributed by atoms with van der Waals surface area (Å²) in [6.45, 7) is 4.18. The average molecular weight is 228 g/mol. The summed E-state index contributed by atoms with van der Waals surface area (Å²) in [5.74, 6) is 0. The average Bonchev–Trinajstić information content (AvgIpc) is 3.03. The standard InChI is InChI=1S/C12H24N2O2/c1-9-5-10(6-14(9)12-3-4-12)13-11(7-15)8-16-2/h9-13,15H,3-8H2,1-2H3. The number of likely N-dealkylation sites (tertiary alicyclic amines) is 1. The predicted molar refractivity (Wildman–Crippen MR) is 63.5 cm³/mol. The van der Waals surface area contributed by atoms with Crippen LogP contribution in [-0.2, 0) is 4.74 Å². The maximum absolute atomic E-state index is 9.21. The number of nitrogens with one attached hydrogen (secondary N) is 1. The van der Waals surface area contributed by atoms with E-state index in [2.05, 4.69) is 17.1 Å². The molecule has 0 aromatic heterocycles. The predicted octanol–water partition coefficient (Wildman–Crippen LogP) is 0.209. The summed E-state index contributed by atoms with van der Waals surface area (Å²) >= 11 is 0. The van der Waals surface area contributed by atoms with Crippen molar-refractivity contribution in [2.24, 2.45) is 0 Å². The molecule has 2 aliphatic rings. The Morgan fingerprint density at radius 2 is 2.25 bits per heavy atom. The van der Waals surface area contributed by atoms with Crippen LogP contribution in [0.25, 0.3) is 0 Å². The van der Waals surface area contributed by atoms with Gasteiger partial charge in [-0.15, -0.1) is 0 Å². The van der Waals surface area contributed by atoms with Gasteiger partial charge in [0, 0.05) is 31.8 Å². The summed E-state index contributed by atoms with van der Waals surface area (Å²) in [7, 11) is 1.68. The Kier molecular flexibility index (Phi) is 4.19. The zero-order valence-corrected chi connectivity index (χ0v) is 10.4. The number of aliphatic hydroxyl groups is 1. The van der Waals surface area contributed by atoms with Crippen LogP contribution in [0.4, 0.5) is 0 Å². The van der Waals surface area contributed by atoms with Gasteiger partial charge in [-0.05, 0) is 26.2 Å². The quantitative estimate of drug-likeness (QED) is 0.682. The fraction of sp³-hybridized carbons (Fsp3) is 1.00. The molecule has 2 N–H and O–H groups in total. The second kappa shape index (κ2) is 5.45. The minimum Gasteiger partial charge on any atom is -0.395 e. The number of aliphatic hydroxyl groups excluding tert-OH is 1. The molecule has 4 heteroatoms. The highest BCUT2D eigenvalue weighted by Gasteiger charge is 2.38. The van der Waals surface area contributed by atoms with E-state index in [1.54, 1.807) is 7.11 Å². The SMILES string of the molecule is COCC(CO)NC1CC(C)N(C2CC2)C1. The smallest absolute Gasteiger partial charge is 0.0638 e. The number of hydrogen-bond acceptors (Lipinski definition) is 4. The minimum atomic E-state index is 0.0846. The fourth-order valence-electron chi connectivity index (χ4n) is 2.78. The zero-order valence-electron chi connectivity index (χ0n) is 10.4. The first-order chi connectivity index (χ1) is 7.74. The Balaban J connectivity index is 1.77. The van der Waals surface area contributed by atoms with E-state index in [1.807, 2.05) is 0 Å². The summed E-state index contributed by atoms with van der Waals surface area (Å²) in [5, 5.41) is 12.7. The van der Waals surface area contributed by atoms with Crippen molar-refractivity contribution >= 4 is 0 Å². The maximum atomic E-state index is 9.21. The zero-order chi connectivity index (χ0) is 11.5. The number of nitrogens with zero attached hydrogens (tertiary/aromatic N) is 1. The van der Waals surface area contributed by atoms with Gasteiger partial charge >= 0.3 is 0 Å². The van der Waals surface area contributed by atoms with Crippen LogP contribution in [0.5, 0.6) is 0 Å². The fourth-order valence-corrected chi connectivity index (χ4v) is 2.78. The van der Waals surface area contributed by atoms with Crippen molar-refractivity contribution < 1.29 is 9.84 Å². The lowest BCUT2D eigenvalue weighted by atomic mass is 10.1. The number of ether oxygens (including phenoxy) is 1. The molecule has 0 radical (unpaired) electrons. The van der Waals surface area contributed by atoms with E-state index in [1.165, 1.54) is 19.3 Å². The van der Waals surface area contributed by atoms with E-state index in [0.29, 0.717) is 18.7 Å². The van der Waals surface area contributed by atoms with Crippen LogP contribution in [0.1, 0.15) is 26.2 Å². The third kappa shape index (κ3) is 2.94. The molecule has 0 aromatic rings. The van der Waals surface area contributed by atoms with E-state index in [9.17, 15) is 5.11 Å². The van der Waals surface area contributed by atoms with Crippen molar-refractivity contribution in [3.05, 3.63) is 0 Å². The molecule has 2 rings (SSSR count). The molecule has 1 aliphatic heterocycles. The molecule has 16 heavy (non-hydrogen) atoms. The lowest BCUT2D eigenvalue weighted by Crippen LogP contribution is -2.44. The van der Waals surface area contributed by atoms with Gasteiger partial charge in [0.1, 0.15) is 0 Å². The van der Waals surface area contributed by atoms with Crippen molar-refractivity contribution in [3.63, 3.8) is 0 Å². The summed E-state index contributed by atoms with van der Waals surface area (Å²) in [6.07, 6.45) is 3.94. The molecule has 1 heterocycles. The molecule has 94 valence electrons. The molecule has 2 fully saturated rings. The van der Waals surface area contributed by atoms with E-state index in [0.717, 1.165) is 12.6 Å². The third-order valence-corrected chi connectivity index (χ3v) is 3.70. The number of hydrogen-bond donors (Lipinski definition) is 2. The Morgan fingerprint density at radius 3 is 2.81 bits per heavy atom. The molecule has 0 aromatic carbocycles. The number of rotatable bonds is 6. The summed E-state index contributed by atoms with van der Waals surface area (Å²) < 4.78 is 5.08. The second-order valence-electron chi connectivity index (χ2n) is 5.21. The maximum Gasteiger partial charge on any atom is 0.0638 e. The first kappa shape index (κ1) is 12.3. The Morgan fingerprint density at radius 1 is 1.50 bits per heavy atom. The van der Waals surface area contributed by atoms with Crippen LogP contribution >= 0.6 is 0 Å². The molecule has 1 aliphatic carbocycles. The van der Waals surface area contributed by atoms with Crippen LogP contribution in [0.2, 0.25) is 0 Å².